The molecule has 2 N–H and O–H groups in total. The summed E-state index contributed by atoms with van der Waals surface area (Å²) in [5, 5.41) is 12.8. The number of benzene rings is 1. The van der Waals surface area contributed by atoms with E-state index in [2.05, 4.69) is 11.4 Å². The Hall–Kier alpha value is -1.79. The van der Waals surface area contributed by atoms with Gasteiger partial charge in [-0.25, -0.2) is 4.79 Å². The molecule has 1 heterocycles. The summed E-state index contributed by atoms with van der Waals surface area (Å²) in [5.74, 6) is -0.813. The summed E-state index contributed by atoms with van der Waals surface area (Å²) >= 11 is 6.12. The van der Waals surface area contributed by atoms with Crippen LogP contribution in [0.5, 0.6) is 0 Å². The van der Waals surface area contributed by atoms with Crippen molar-refractivity contribution in [2.75, 3.05) is 33.2 Å². The molecule has 0 radical (unpaired) electrons. The number of nitrogens with zero attached hydrogens (tertiary/aromatic N) is 2. The first-order valence-electron chi connectivity index (χ1n) is 9.60. The van der Waals surface area contributed by atoms with E-state index < -0.39 is 5.97 Å². The molecule has 1 aliphatic heterocycles. The van der Waals surface area contributed by atoms with Crippen molar-refractivity contribution in [2.24, 2.45) is 0 Å². The molecular formula is C20H28ClN3O3. The number of carbonyl (C=O) groups is 2. The molecule has 148 valence electrons. The summed E-state index contributed by atoms with van der Waals surface area (Å²) in [6, 6.07) is 8.09. The summed E-state index contributed by atoms with van der Waals surface area (Å²) in [5.41, 5.74) is 1.22. The lowest BCUT2D eigenvalue weighted by Gasteiger charge is -2.26. The van der Waals surface area contributed by atoms with Crippen LogP contribution in [0.3, 0.4) is 0 Å². The lowest BCUT2D eigenvalue weighted by Crippen LogP contribution is -2.44. The van der Waals surface area contributed by atoms with E-state index in [0.717, 1.165) is 37.1 Å². The van der Waals surface area contributed by atoms with Crippen LogP contribution >= 0.6 is 11.6 Å². The fourth-order valence-electron chi connectivity index (χ4n) is 3.96. The summed E-state index contributed by atoms with van der Waals surface area (Å²) in [4.78, 5) is 27.3. The van der Waals surface area contributed by atoms with E-state index in [-0.39, 0.29) is 24.0 Å². The Kier molecular flexibility index (Phi) is 6.27. The summed E-state index contributed by atoms with van der Waals surface area (Å²) in [6.07, 6.45) is 4.74. The minimum Gasteiger partial charge on any atom is -0.480 e. The van der Waals surface area contributed by atoms with Crippen molar-refractivity contribution >= 4 is 23.6 Å². The molecule has 1 saturated heterocycles. The Balaban J connectivity index is 1.51. The van der Waals surface area contributed by atoms with Gasteiger partial charge in [0.05, 0.1) is 6.54 Å². The van der Waals surface area contributed by atoms with Gasteiger partial charge in [0.15, 0.2) is 0 Å². The van der Waals surface area contributed by atoms with E-state index in [1.165, 1.54) is 5.56 Å². The van der Waals surface area contributed by atoms with Crippen LogP contribution in [-0.2, 0) is 10.2 Å². The molecule has 1 aromatic rings. The third-order valence-corrected chi connectivity index (χ3v) is 6.10. The van der Waals surface area contributed by atoms with Crippen LogP contribution in [0.1, 0.15) is 37.7 Å². The molecule has 6 nitrogen and oxygen atoms in total. The second-order valence-corrected chi connectivity index (χ2v) is 8.27. The van der Waals surface area contributed by atoms with Gasteiger partial charge in [-0.15, -0.1) is 0 Å². The number of likely N-dealkylation sites (N-methyl/N-ethyl adjacent to an activating group) is 1. The smallest absolute Gasteiger partial charge is 0.317 e. The van der Waals surface area contributed by atoms with Crippen molar-refractivity contribution in [1.82, 2.24) is 15.1 Å². The predicted octanol–water partition coefficient (Wildman–Crippen LogP) is 2.95. The van der Waals surface area contributed by atoms with Crippen LogP contribution in [0.15, 0.2) is 24.3 Å². The van der Waals surface area contributed by atoms with Crippen molar-refractivity contribution in [3.63, 3.8) is 0 Å². The fourth-order valence-corrected chi connectivity index (χ4v) is 4.15. The van der Waals surface area contributed by atoms with Gasteiger partial charge < -0.3 is 15.3 Å². The van der Waals surface area contributed by atoms with Crippen LogP contribution in [-0.4, -0.2) is 66.2 Å². The topological polar surface area (TPSA) is 72.9 Å². The highest BCUT2D eigenvalue weighted by atomic mass is 35.5. The number of rotatable bonds is 6. The Morgan fingerprint density at radius 1 is 1.33 bits per heavy atom. The van der Waals surface area contributed by atoms with Gasteiger partial charge in [0.25, 0.3) is 0 Å². The van der Waals surface area contributed by atoms with Crippen molar-refractivity contribution in [1.29, 1.82) is 0 Å². The summed E-state index contributed by atoms with van der Waals surface area (Å²) in [6.45, 7) is 2.04. The molecule has 0 bridgehead atoms. The highest BCUT2D eigenvalue weighted by Crippen LogP contribution is 2.48. The Labute approximate surface area is 165 Å². The van der Waals surface area contributed by atoms with E-state index >= 15 is 0 Å². The van der Waals surface area contributed by atoms with Crippen molar-refractivity contribution in [2.45, 2.75) is 43.6 Å². The average Bonchev–Trinajstić information content (AvgIpc) is 3.43. The molecular weight excluding hydrogens is 366 g/mol. The lowest BCUT2D eigenvalue weighted by atomic mass is 9.96. The third-order valence-electron chi connectivity index (χ3n) is 5.86. The molecule has 1 aromatic carbocycles. The molecule has 1 unspecified atom stereocenters. The number of halogens is 1. The molecule has 2 aliphatic rings. The van der Waals surface area contributed by atoms with Gasteiger partial charge >= 0.3 is 12.0 Å². The fraction of sp³-hybridized carbons (Fsp3) is 0.600. The normalized spacial score (nSPS) is 21.6. The SMILES string of the molecule is CN(CC(=O)O)C1CCCN(C(=O)NCC2(c3cccc(Cl)c3)CC2)CC1. The number of hydrogen-bond acceptors (Lipinski definition) is 3. The standard InChI is InChI=1S/C20H28ClN3O3/c1-23(13-18(25)26)17-6-3-10-24(11-7-17)19(27)22-14-20(8-9-20)15-4-2-5-16(21)12-15/h2,4-5,12,17H,3,6-11,13-14H2,1H3,(H,22,27)(H,25,26). The van der Waals surface area contributed by atoms with Gasteiger partial charge in [-0.2, -0.15) is 0 Å². The Morgan fingerprint density at radius 3 is 2.78 bits per heavy atom. The van der Waals surface area contributed by atoms with E-state index in [9.17, 15) is 9.59 Å². The average molecular weight is 394 g/mol. The molecule has 1 atom stereocenters. The number of nitrogens with one attached hydrogen (secondary N) is 1. The summed E-state index contributed by atoms with van der Waals surface area (Å²) in [7, 11) is 1.84. The highest BCUT2D eigenvalue weighted by Gasteiger charge is 2.44. The van der Waals surface area contributed by atoms with Gasteiger partial charge in [-0.3, -0.25) is 9.69 Å². The van der Waals surface area contributed by atoms with Gasteiger partial charge in [0.1, 0.15) is 0 Å². The molecule has 2 amide bonds. The molecule has 1 saturated carbocycles. The number of carbonyl (C=O) groups excluding carboxylic acids is 1. The minimum absolute atomic E-state index is 0.0233. The maximum absolute atomic E-state index is 12.7. The lowest BCUT2D eigenvalue weighted by molar-refractivity contribution is -0.138. The summed E-state index contributed by atoms with van der Waals surface area (Å²) < 4.78 is 0. The second kappa shape index (κ2) is 8.48. The third kappa shape index (κ3) is 5.14. The van der Waals surface area contributed by atoms with Gasteiger partial charge in [-0.1, -0.05) is 23.7 Å². The highest BCUT2D eigenvalue weighted by molar-refractivity contribution is 6.30. The number of hydrogen-bond donors (Lipinski definition) is 2. The molecule has 7 heteroatoms. The first kappa shape index (κ1) is 20.0. The Bertz CT molecular complexity index is 693. The number of likely N-dealkylation sites (tertiary alicyclic amines) is 1. The number of carboxylic acids is 1. The molecule has 2 fully saturated rings. The van der Waals surface area contributed by atoms with Crippen molar-refractivity contribution in [3.05, 3.63) is 34.9 Å². The number of urea groups is 1. The molecule has 3 rings (SSSR count). The van der Waals surface area contributed by atoms with E-state index in [1.807, 2.05) is 35.0 Å². The Morgan fingerprint density at radius 2 is 2.11 bits per heavy atom. The van der Waals surface area contributed by atoms with Crippen LogP contribution in [0.25, 0.3) is 0 Å². The van der Waals surface area contributed by atoms with E-state index in [4.69, 9.17) is 16.7 Å². The first-order chi connectivity index (χ1) is 12.9. The second-order valence-electron chi connectivity index (χ2n) is 7.83. The zero-order valence-electron chi connectivity index (χ0n) is 15.8. The van der Waals surface area contributed by atoms with Crippen molar-refractivity contribution in [3.8, 4) is 0 Å². The predicted molar refractivity (Wildman–Crippen MR) is 105 cm³/mol. The first-order valence-corrected chi connectivity index (χ1v) is 9.98. The molecule has 0 aromatic heterocycles. The molecule has 27 heavy (non-hydrogen) atoms. The van der Waals surface area contributed by atoms with Gasteiger partial charge in [-0.05, 0) is 56.8 Å². The van der Waals surface area contributed by atoms with Crippen LogP contribution in [0.2, 0.25) is 5.02 Å². The number of amides is 2. The van der Waals surface area contributed by atoms with Gasteiger partial charge in [0.2, 0.25) is 0 Å². The van der Waals surface area contributed by atoms with Gasteiger partial charge in [0, 0.05) is 36.1 Å². The molecule has 1 aliphatic carbocycles. The van der Waals surface area contributed by atoms with Crippen molar-refractivity contribution < 1.29 is 14.7 Å². The maximum Gasteiger partial charge on any atom is 0.317 e. The maximum atomic E-state index is 12.7. The van der Waals surface area contributed by atoms with Crippen LogP contribution in [0.4, 0.5) is 4.79 Å². The number of carboxylic acid groups (broad SMARTS) is 1. The molecule has 0 spiro atoms. The zero-order valence-corrected chi connectivity index (χ0v) is 16.5. The quantitative estimate of drug-likeness (QED) is 0.779. The van der Waals surface area contributed by atoms with E-state index in [1.54, 1.807) is 0 Å². The zero-order chi connectivity index (χ0) is 19.4. The number of aliphatic carboxylic acids is 1. The minimum atomic E-state index is -0.813. The van der Waals surface area contributed by atoms with E-state index in [0.29, 0.717) is 19.6 Å². The van der Waals surface area contributed by atoms with Crippen LogP contribution < -0.4 is 5.32 Å². The largest absolute Gasteiger partial charge is 0.480 e. The monoisotopic (exact) mass is 393 g/mol. The van der Waals surface area contributed by atoms with Crippen LogP contribution in [0, 0.1) is 0 Å².